The Morgan fingerprint density at radius 2 is 1.79 bits per heavy atom. The molecule has 2 N–H and O–H groups in total. The van der Waals surface area contributed by atoms with E-state index in [9.17, 15) is 4.79 Å². The lowest BCUT2D eigenvalue weighted by molar-refractivity contribution is -0.123. The molecule has 0 heterocycles. The maximum Gasteiger partial charge on any atom is 0.231 e. The summed E-state index contributed by atoms with van der Waals surface area (Å²) < 4.78 is 0. The number of nitrogens with two attached hydrogens (primary N) is 1. The summed E-state index contributed by atoms with van der Waals surface area (Å²) in [6.07, 6.45) is 0. The Morgan fingerprint density at radius 1 is 1.21 bits per heavy atom. The second kappa shape index (κ2) is 6.20. The lowest BCUT2D eigenvalue weighted by Crippen LogP contribution is -2.39. The average molecular weight is 262 g/mol. The molecular formula is C16H26N2O. The summed E-state index contributed by atoms with van der Waals surface area (Å²) in [5.74, 6) is 0.238. The number of nitrogens with zero attached hydrogens (tertiary/aromatic N) is 1. The van der Waals surface area contributed by atoms with Gasteiger partial charge in [0.25, 0.3) is 0 Å². The van der Waals surface area contributed by atoms with Crippen LogP contribution >= 0.6 is 0 Å². The van der Waals surface area contributed by atoms with Crippen LogP contribution in [0.25, 0.3) is 0 Å². The standard InChI is InChI=1S/C16H26N2O/c1-10(2)14(9-17)16(19)18(6)15-8-7-11(3)12(4)13(15)5/h7-8,10,14H,9,17H2,1-6H3. The molecule has 0 spiro atoms. The molecule has 0 bridgehead atoms. The minimum Gasteiger partial charge on any atom is -0.330 e. The summed E-state index contributed by atoms with van der Waals surface area (Å²) in [4.78, 5) is 14.3. The van der Waals surface area contributed by atoms with E-state index < -0.39 is 0 Å². The van der Waals surface area contributed by atoms with Crippen LogP contribution < -0.4 is 10.6 Å². The van der Waals surface area contributed by atoms with Crippen molar-refractivity contribution in [2.75, 3.05) is 18.5 Å². The zero-order valence-corrected chi connectivity index (χ0v) is 12.9. The first-order valence-corrected chi connectivity index (χ1v) is 6.85. The second-order valence-corrected chi connectivity index (χ2v) is 5.64. The van der Waals surface area contributed by atoms with Crippen LogP contribution in [-0.2, 0) is 4.79 Å². The van der Waals surface area contributed by atoms with E-state index in [0.29, 0.717) is 6.54 Å². The number of anilines is 1. The van der Waals surface area contributed by atoms with E-state index in [0.717, 1.165) is 11.3 Å². The van der Waals surface area contributed by atoms with Gasteiger partial charge >= 0.3 is 0 Å². The van der Waals surface area contributed by atoms with Crippen LogP contribution in [-0.4, -0.2) is 19.5 Å². The predicted octanol–water partition coefficient (Wildman–Crippen LogP) is 2.81. The number of aryl methyl sites for hydroxylation is 1. The molecule has 0 aliphatic carbocycles. The number of amides is 1. The summed E-state index contributed by atoms with van der Waals surface area (Å²) >= 11 is 0. The monoisotopic (exact) mass is 262 g/mol. The summed E-state index contributed by atoms with van der Waals surface area (Å²) in [5.41, 5.74) is 10.4. The van der Waals surface area contributed by atoms with Gasteiger partial charge in [0, 0.05) is 19.3 Å². The van der Waals surface area contributed by atoms with E-state index in [1.807, 2.05) is 27.0 Å². The number of rotatable bonds is 4. The zero-order chi connectivity index (χ0) is 14.7. The third-order valence-electron chi connectivity index (χ3n) is 4.10. The first kappa shape index (κ1) is 15.7. The molecule has 1 rings (SSSR count). The topological polar surface area (TPSA) is 46.3 Å². The SMILES string of the molecule is Cc1ccc(N(C)C(=O)C(CN)C(C)C)c(C)c1C. The predicted molar refractivity (Wildman–Crippen MR) is 81.4 cm³/mol. The van der Waals surface area contributed by atoms with Crippen molar-refractivity contribution >= 4 is 11.6 Å². The quantitative estimate of drug-likeness (QED) is 0.907. The molecular weight excluding hydrogens is 236 g/mol. The Kier molecular flexibility index (Phi) is 5.12. The maximum atomic E-state index is 12.5. The fourth-order valence-corrected chi connectivity index (χ4v) is 2.33. The highest BCUT2D eigenvalue weighted by Crippen LogP contribution is 2.26. The zero-order valence-electron chi connectivity index (χ0n) is 12.9. The summed E-state index contributed by atoms with van der Waals surface area (Å²) in [6.45, 7) is 10.7. The van der Waals surface area contributed by atoms with Crippen LogP contribution in [0.5, 0.6) is 0 Å². The highest BCUT2D eigenvalue weighted by atomic mass is 16.2. The van der Waals surface area contributed by atoms with Crippen molar-refractivity contribution in [2.45, 2.75) is 34.6 Å². The minimum absolute atomic E-state index is 0.101. The second-order valence-electron chi connectivity index (χ2n) is 5.64. The molecule has 106 valence electrons. The van der Waals surface area contributed by atoms with Crippen LogP contribution in [0.2, 0.25) is 0 Å². The van der Waals surface area contributed by atoms with Gasteiger partial charge in [-0.25, -0.2) is 0 Å². The first-order chi connectivity index (χ1) is 8.81. The van der Waals surface area contributed by atoms with Crippen molar-refractivity contribution in [3.05, 3.63) is 28.8 Å². The molecule has 1 aromatic rings. The van der Waals surface area contributed by atoms with E-state index in [-0.39, 0.29) is 17.7 Å². The van der Waals surface area contributed by atoms with Crippen LogP contribution in [0.1, 0.15) is 30.5 Å². The van der Waals surface area contributed by atoms with Crippen molar-refractivity contribution < 1.29 is 4.79 Å². The van der Waals surface area contributed by atoms with Crippen molar-refractivity contribution in [1.82, 2.24) is 0 Å². The Morgan fingerprint density at radius 3 is 2.26 bits per heavy atom. The molecule has 1 aromatic carbocycles. The molecule has 0 fully saturated rings. The molecule has 0 saturated heterocycles. The first-order valence-electron chi connectivity index (χ1n) is 6.85. The van der Waals surface area contributed by atoms with E-state index in [4.69, 9.17) is 5.73 Å². The minimum atomic E-state index is -0.119. The van der Waals surface area contributed by atoms with E-state index in [1.165, 1.54) is 11.1 Å². The van der Waals surface area contributed by atoms with Gasteiger partial charge in [0.05, 0.1) is 5.92 Å². The van der Waals surface area contributed by atoms with Crippen LogP contribution in [0.15, 0.2) is 12.1 Å². The molecule has 1 atom stereocenters. The van der Waals surface area contributed by atoms with Crippen LogP contribution in [0.3, 0.4) is 0 Å². The molecule has 0 aliphatic rings. The molecule has 1 unspecified atom stereocenters. The normalized spacial score (nSPS) is 12.6. The van der Waals surface area contributed by atoms with Gasteiger partial charge in [-0.05, 0) is 49.4 Å². The summed E-state index contributed by atoms with van der Waals surface area (Å²) in [5, 5.41) is 0. The molecule has 0 aliphatic heterocycles. The molecule has 3 heteroatoms. The largest absolute Gasteiger partial charge is 0.330 e. The Bertz CT molecular complexity index is 466. The Balaban J connectivity index is 3.10. The average Bonchev–Trinajstić information content (AvgIpc) is 2.35. The van der Waals surface area contributed by atoms with Crippen molar-refractivity contribution in [1.29, 1.82) is 0 Å². The number of carbonyl (C=O) groups excluding carboxylic acids is 1. The van der Waals surface area contributed by atoms with Gasteiger partial charge in [-0.2, -0.15) is 0 Å². The lowest BCUT2D eigenvalue weighted by Gasteiger charge is -2.27. The fraction of sp³-hybridized carbons (Fsp3) is 0.562. The Labute approximate surface area is 116 Å². The molecule has 0 radical (unpaired) electrons. The van der Waals surface area contributed by atoms with Gasteiger partial charge in [-0.15, -0.1) is 0 Å². The van der Waals surface area contributed by atoms with Gasteiger partial charge in [-0.1, -0.05) is 19.9 Å². The molecule has 19 heavy (non-hydrogen) atoms. The maximum absolute atomic E-state index is 12.5. The number of hydrogen-bond acceptors (Lipinski definition) is 2. The summed E-state index contributed by atoms with van der Waals surface area (Å²) in [7, 11) is 1.84. The van der Waals surface area contributed by atoms with Crippen LogP contribution in [0.4, 0.5) is 5.69 Å². The van der Waals surface area contributed by atoms with Gasteiger partial charge in [0.2, 0.25) is 5.91 Å². The number of hydrogen-bond donors (Lipinski definition) is 1. The van der Waals surface area contributed by atoms with E-state index in [1.54, 1.807) is 4.90 Å². The molecule has 3 nitrogen and oxygen atoms in total. The van der Waals surface area contributed by atoms with Crippen molar-refractivity contribution in [3.63, 3.8) is 0 Å². The van der Waals surface area contributed by atoms with Gasteiger partial charge in [0.15, 0.2) is 0 Å². The van der Waals surface area contributed by atoms with Crippen molar-refractivity contribution in [3.8, 4) is 0 Å². The van der Waals surface area contributed by atoms with Crippen molar-refractivity contribution in [2.24, 2.45) is 17.6 Å². The number of benzene rings is 1. The smallest absolute Gasteiger partial charge is 0.231 e. The summed E-state index contributed by atoms with van der Waals surface area (Å²) in [6, 6.07) is 4.08. The van der Waals surface area contributed by atoms with Crippen LogP contribution in [0, 0.1) is 32.6 Å². The van der Waals surface area contributed by atoms with E-state index in [2.05, 4.69) is 26.8 Å². The highest BCUT2D eigenvalue weighted by Gasteiger charge is 2.25. The molecule has 1 amide bonds. The highest BCUT2D eigenvalue weighted by molar-refractivity contribution is 5.95. The fourth-order valence-electron chi connectivity index (χ4n) is 2.33. The third-order valence-corrected chi connectivity index (χ3v) is 4.10. The third kappa shape index (κ3) is 3.16. The van der Waals surface area contributed by atoms with E-state index >= 15 is 0 Å². The lowest BCUT2D eigenvalue weighted by atomic mass is 9.93. The number of carbonyl (C=O) groups is 1. The Hall–Kier alpha value is -1.35. The molecule has 0 aromatic heterocycles. The van der Waals surface area contributed by atoms with Gasteiger partial charge in [-0.3, -0.25) is 4.79 Å². The van der Waals surface area contributed by atoms with Gasteiger partial charge < -0.3 is 10.6 Å². The molecule has 0 saturated carbocycles. The van der Waals surface area contributed by atoms with Gasteiger partial charge in [0.1, 0.15) is 0 Å².